The fourth-order valence-corrected chi connectivity index (χ4v) is 2.23. The van der Waals surface area contributed by atoms with Gasteiger partial charge >= 0.3 is 12.1 Å². The molecule has 1 unspecified atom stereocenters. The molecule has 0 aliphatic carbocycles. The quantitative estimate of drug-likeness (QED) is 0.854. The molecule has 0 aromatic heterocycles. The summed E-state index contributed by atoms with van der Waals surface area (Å²) in [5.41, 5.74) is -1.33. The number of rotatable bonds is 4. The van der Waals surface area contributed by atoms with E-state index in [4.69, 9.17) is 0 Å². The van der Waals surface area contributed by atoms with Gasteiger partial charge in [0, 0.05) is 10.0 Å². The van der Waals surface area contributed by atoms with Crippen LogP contribution in [0.1, 0.15) is 30.6 Å². The number of carbonyl (C=O) groups is 1. The van der Waals surface area contributed by atoms with Crippen LogP contribution in [0.3, 0.4) is 0 Å². The van der Waals surface area contributed by atoms with Gasteiger partial charge in [-0.1, -0.05) is 22.0 Å². The molecule has 0 heterocycles. The fourth-order valence-electron chi connectivity index (χ4n) is 1.60. The second kappa shape index (κ2) is 6.38. The maximum Gasteiger partial charge on any atom is 0.416 e. The average Bonchev–Trinajstić information content (AvgIpc) is 2.27. The number of benzene rings is 1. The standard InChI is InChI=1S/C12H12BrF3O3/c1-2-19-10(18)6-9(17)11-7(12(14,15)16)4-3-5-8(11)13/h3-5,9,17H,2,6H2,1H3. The molecule has 19 heavy (non-hydrogen) atoms. The van der Waals surface area contributed by atoms with E-state index in [1.165, 1.54) is 12.1 Å². The van der Waals surface area contributed by atoms with Gasteiger partial charge in [0.2, 0.25) is 0 Å². The molecule has 7 heteroatoms. The lowest BCUT2D eigenvalue weighted by Crippen LogP contribution is -2.16. The van der Waals surface area contributed by atoms with Crippen LogP contribution in [0.4, 0.5) is 13.2 Å². The molecule has 0 amide bonds. The molecular weight excluding hydrogens is 329 g/mol. The SMILES string of the molecule is CCOC(=O)CC(O)c1c(Br)cccc1C(F)(F)F. The first-order chi connectivity index (χ1) is 8.77. The highest BCUT2D eigenvalue weighted by Gasteiger charge is 2.36. The van der Waals surface area contributed by atoms with Crippen molar-refractivity contribution in [3.05, 3.63) is 33.8 Å². The van der Waals surface area contributed by atoms with Gasteiger partial charge in [0.05, 0.1) is 24.7 Å². The number of halogens is 4. The van der Waals surface area contributed by atoms with Crippen LogP contribution in [0.15, 0.2) is 22.7 Å². The highest BCUT2D eigenvalue weighted by atomic mass is 79.9. The summed E-state index contributed by atoms with van der Waals surface area (Å²) in [6.45, 7) is 1.68. The third kappa shape index (κ3) is 4.21. The van der Waals surface area contributed by atoms with Crippen molar-refractivity contribution >= 4 is 21.9 Å². The van der Waals surface area contributed by atoms with E-state index in [9.17, 15) is 23.1 Å². The third-order valence-electron chi connectivity index (χ3n) is 2.36. The average molecular weight is 341 g/mol. The smallest absolute Gasteiger partial charge is 0.416 e. The fraction of sp³-hybridized carbons (Fsp3) is 0.417. The van der Waals surface area contributed by atoms with E-state index in [0.717, 1.165) is 6.07 Å². The second-order valence-corrected chi connectivity index (χ2v) is 4.58. The van der Waals surface area contributed by atoms with Crippen LogP contribution < -0.4 is 0 Å². The monoisotopic (exact) mass is 340 g/mol. The van der Waals surface area contributed by atoms with Crippen LogP contribution in [0, 0.1) is 0 Å². The lowest BCUT2D eigenvalue weighted by atomic mass is 10.00. The van der Waals surface area contributed by atoms with E-state index in [0.29, 0.717) is 0 Å². The molecule has 0 aliphatic rings. The van der Waals surface area contributed by atoms with Crippen molar-refractivity contribution in [2.24, 2.45) is 0 Å². The number of alkyl halides is 3. The molecule has 0 radical (unpaired) electrons. The van der Waals surface area contributed by atoms with Crippen molar-refractivity contribution in [1.82, 2.24) is 0 Å². The minimum Gasteiger partial charge on any atom is -0.466 e. The minimum atomic E-state index is -4.60. The van der Waals surface area contributed by atoms with Crippen molar-refractivity contribution in [2.75, 3.05) is 6.61 Å². The first-order valence-corrected chi connectivity index (χ1v) is 6.26. The van der Waals surface area contributed by atoms with Crippen molar-refractivity contribution in [3.63, 3.8) is 0 Å². The molecule has 3 nitrogen and oxygen atoms in total. The summed E-state index contributed by atoms with van der Waals surface area (Å²) in [6, 6.07) is 3.45. The number of aliphatic hydroxyl groups is 1. The maximum atomic E-state index is 12.8. The maximum absolute atomic E-state index is 12.8. The van der Waals surface area contributed by atoms with Gasteiger partial charge in [0.15, 0.2) is 0 Å². The Hall–Kier alpha value is -1.08. The Kier molecular flexibility index (Phi) is 5.37. The number of esters is 1. The topological polar surface area (TPSA) is 46.5 Å². The first-order valence-electron chi connectivity index (χ1n) is 5.46. The first kappa shape index (κ1) is 16.0. The Morgan fingerprint density at radius 2 is 2.11 bits per heavy atom. The van der Waals surface area contributed by atoms with Crippen LogP contribution >= 0.6 is 15.9 Å². The van der Waals surface area contributed by atoms with Gasteiger partial charge in [-0.05, 0) is 19.1 Å². The minimum absolute atomic E-state index is 0.0964. The van der Waals surface area contributed by atoms with Crippen LogP contribution in [-0.4, -0.2) is 17.7 Å². The highest BCUT2D eigenvalue weighted by molar-refractivity contribution is 9.10. The van der Waals surface area contributed by atoms with Crippen LogP contribution in [0.25, 0.3) is 0 Å². The molecule has 106 valence electrons. The van der Waals surface area contributed by atoms with Crippen LogP contribution in [0.5, 0.6) is 0 Å². The summed E-state index contributed by atoms with van der Waals surface area (Å²) in [4.78, 5) is 11.2. The molecule has 0 aliphatic heterocycles. The van der Waals surface area contributed by atoms with E-state index in [-0.39, 0.29) is 16.6 Å². The van der Waals surface area contributed by atoms with E-state index in [1.54, 1.807) is 6.92 Å². The molecule has 0 saturated carbocycles. The largest absolute Gasteiger partial charge is 0.466 e. The molecule has 1 aromatic rings. The summed E-state index contributed by atoms with van der Waals surface area (Å²) in [5.74, 6) is -0.751. The zero-order valence-corrected chi connectivity index (χ0v) is 11.6. The summed E-state index contributed by atoms with van der Waals surface area (Å²) < 4.78 is 43.2. The Bertz CT molecular complexity index is 460. The van der Waals surface area contributed by atoms with Gasteiger partial charge in [-0.3, -0.25) is 4.79 Å². The van der Waals surface area contributed by atoms with Crippen LogP contribution in [-0.2, 0) is 15.7 Å². The van der Waals surface area contributed by atoms with Gasteiger partial charge in [0.1, 0.15) is 0 Å². The predicted octanol–water partition coefficient (Wildman–Crippen LogP) is 3.45. The molecule has 1 N–H and O–H groups in total. The second-order valence-electron chi connectivity index (χ2n) is 3.72. The van der Waals surface area contributed by atoms with E-state index >= 15 is 0 Å². The number of carbonyl (C=O) groups excluding carboxylic acids is 1. The number of hydrogen-bond acceptors (Lipinski definition) is 3. The van der Waals surface area contributed by atoms with E-state index in [1.807, 2.05) is 0 Å². The summed E-state index contributed by atoms with van der Waals surface area (Å²) in [5, 5.41) is 9.81. The Morgan fingerprint density at radius 1 is 1.47 bits per heavy atom. The molecule has 0 saturated heterocycles. The summed E-state index contributed by atoms with van der Waals surface area (Å²) in [7, 11) is 0. The van der Waals surface area contributed by atoms with Gasteiger partial charge in [-0.2, -0.15) is 13.2 Å². The zero-order chi connectivity index (χ0) is 14.6. The molecule has 0 bridgehead atoms. The molecule has 0 spiro atoms. The molecule has 1 aromatic carbocycles. The molecule has 1 rings (SSSR count). The Balaban J connectivity index is 3.08. The third-order valence-corrected chi connectivity index (χ3v) is 3.05. The van der Waals surface area contributed by atoms with Gasteiger partial charge in [-0.25, -0.2) is 0 Å². The normalized spacial score (nSPS) is 13.2. The van der Waals surface area contributed by atoms with Crippen molar-refractivity contribution in [3.8, 4) is 0 Å². The number of hydrogen-bond donors (Lipinski definition) is 1. The van der Waals surface area contributed by atoms with Gasteiger partial charge in [0.25, 0.3) is 0 Å². The van der Waals surface area contributed by atoms with Crippen molar-refractivity contribution in [1.29, 1.82) is 0 Å². The summed E-state index contributed by atoms with van der Waals surface area (Å²) in [6.07, 6.45) is -6.71. The zero-order valence-electron chi connectivity index (χ0n) is 10.00. The molecule has 1 atom stereocenters. The Labute approximate surface area is 116 Å². The predicted molar refractivity (Wildman–Crippen MR) is 65.4 cm³/mol. The van der Waals surface area contributed by atoms with E-state index in [2.05, 4.69) is 20.7 Å². The van der Waals surface area contributed by atoms with E-state index < -0.39 is 30.2 Å². The van der Waals surface area contributed by atoms with Crippen LogP contribution in [0.2, 0.25) is 0 Å². The van der Waals surface area contributed by atoms with Crippen molar-refractivity contribution in [2.45, 2.75) is 25.6 Å². The molecular formula is C12H12BrF3O3. The number of ether oxygens (including phenoxy) is 1. The number of aliphatic hydroxyl groups excluding tert-OH is 1. The lowest BCUT2D eigenvalue weighted by Gasteiger charge is -2.18. The highest BCUT2D eigenvalue weighted by Crippen LogP contribution is 2.39. The summed E-state index contributed by atoms with van der Waals surface area (Å²) >= 11 is 2.96. The van der Waals surface area contributed by atoms with Crippen molar-refractivity contribution < 1.29 is 27.8 Å². The molecule has 0 fully saturated rings. The lowest BCUT2D eigenvalue weighted by molar-refractivity contribution is -0.147. The van der Waals surface area contributed by atoms with Gasteiger partial charge in [-0.15, -0.1) is 0 Å². The van der Waals surface area contributed by atoms with Gasteiger partial charge < -0.3 is 9.84 Å². The Morgan fingerprint density at radius 3 is 2.63 bits per heavy atom.